The normalized spacial score (nSPS) is 10.2. The van der Waals surface area contributed by atoms with E-state index in [1.54, 1.807) is 24.7 Å². The number of ether oxygens (including phenoxy) is 1. The summed E-state index contributed by atoms with van der Waals surface area (Å²) < 4.78 is 5.78. The standard InChI is InChI=1S/C18H28N6O.C4H4N2/c1-4-20-17-16(19)13-21-18(23-17)22-14-7-9-15(10-8-14)25-12-11-24(5-2)6-3;1-2-5-4-6-3-1/h7-10,13H,4-6,11-12,19H2,1-3H3,(H2,20,21,22,23);1-4H. The first kappa shape index (κ1) is 23.8. The lowest BCUT2D eigenvalue weighted by molar-refractivity contribution is 0.223. The van der Waals surface area contributed by atoms with Crippen molar-refractivity contribution in [2.24, 2.45) is 0 Å². The smallest absolute Gasteiger partial charge is 0.229 e. The molecule has 3 aromatic rings. The Morgan fingerprint density at radius 3 is 2.29 bits per heavy atom. The van der Waals surface area contributed by atoms with Crippen LogP contribution in [0.3, 0.4) is 0 Å². The highest BCUT2D eigenvalue weighted by Gasteiger charge is 2.05. The second-order valence-corrected chi connectivity index (χ2v) is 6.46. The van der Waals surface area contributed by atoms with Crippen LogP contribution in [-0.4, -0.2) is 57.6 Å². The van der Waals surface area contributed by atoms with Gasteiger partial charge in [0, 0.05) is 31.2 Å². The van der Waals surface area contributed by atoms with Crippen LogP contribution in [0, 0.1) is 0 Å². The van der Waals surface area contributed by atoms with Gasteiger partial charge in [0.2, 0.25) is 5.95 Å². The fourth-order valence-corrected chi connectivity index (χ4v) is 2.61. The van der Waals surface area contributed by atoms with Crippen LogP contribution in [-0.2, 0) is 0 Å². The van der Waals surface area contributed by atoms with Gasteiger partial charge in [-0.3, -0.25) is 0 Å². The zero-order valence-electron chi connectivity index (χ0n) is 18.5. The Labute approximate surface area is 184 Å². The molecule has 4 N–H and O–H groups in total. The van der Waals surface area contributed by atoms with Gasteiger partial charge in [-0.05, 0) is 50.3 Å². The van der Waals surface area contributed by atoms with Gasteiger partial charge in [-0.1, -0.05) is 13.8 Å². The van der Waals surface area contributed by atoms with E-state index in [0.717, 1.165) is 37.6 Å². The Balaban J connectivity index is 0.000000488. The van der Waals surface area contributed by atoms with Gasteiger partial charge in [-0.25, -0.2) is 15.0 Å². The summed E-state index contributed by atoms with van der Waals surface area (Å²) in [6, 6.07) is 9.54. The van der Waals surface area contributed by atoms with Crippen LogP contribution >= 0.6 is 0 Å². The SMILES string of the molecule is CCNc1nc(Nc2ccc(OCCN(CC)CC)cc2)ncc1N.c1cncnc1. The molecule has 1 aromatic carbocycles. The Bertz CT molecular complexity index is 830. The van der Waals surface area contributed by atoms with Crippen LogP contribution in [0.2, 0.25) is 0 Å². The third-order valence-electron chi connectivity index (χ3n) is 4.32. The third-order valence-corrected chi connectivity index (χ3v) is 4.32. The van der Waals surface area contributed by atoms with Crippen molar-refractivity contribution < 1.29 is 4.74 Å². The lowest BCUT2D eigenvalue weighted by Gasteiger charge is -2.18. The zero-order chi connectivity index (χ0) is 22.3. The highest BCUT2D eigenvalue weighted by Crippen LogP contribution is 2.21. The van der Waals surface area contributed by atoms with E-state index in [0.29, 0.717) is 24.1 Å². The Morgan fingerprint density at radius 2 is 1.74 bits per heavy atom. The second kappa shape index (κ2) is 13.7. The molecule has 2 heterocycles. The van der Waals surface area contributed by atoms with Crippen molar-refractivity contribution in [2.45, 2.75) is 20.8 Å². The maximum absolute atomic E-state index is 5.84. The first-order valence-corrected chi connectivity index (χ1v) is 10.4. The lowest BCUT2D eigenvalue weighted by Crippen LogP contribution is -2.27. The van der Waals surface area contributed by atoms with Crippen molar-refractivity contribution in [3.8, 4) is 5.75 Å². The fourth-order valence-electron chi connectivity index (χ4n) is 2.61. The van der Waals surface area contributed by atoms with Crippen molar-refractivity contribution in [1.29, 1.82) is 0 Å². The minimum absolute atomic E-state index is 0.500. The summed E-state index contributed by atoms with van der Waals surface area (Å²) in [6.07, 6.45) is 6.47. The average molecular weight is 425 g/mol. The number of anilines is 4. The van der Waals surface area contributed by atoms with Gasteiger partial charge in [0.15, 0.2) is 5.82 Å². The summed E-state index contributed by atoms with van der Waals surface area (Å²) in [5.41, 5.74) is 7.27. The number of hydrogen-bond donors (Lipinski definition) is 3. The van der Waals surface area contributed by atoms with Gasteiger partial charge in [0.05, 0.1) is 11.9 Å². The number of nitrogens with two attached hydrogens (primary N) is 1. The molecule has 0 saturated heterocycles. The average Bonchev–Trinajstić information content (AvgIpc) is 2.82. The summed E-state index contributed by atoms with van der Waals surface area (Å²) in [5.74, 6) is 1.99. The maximum Gasteiger partial charge on any atom is 0.229 e. The molecule has 3 rings (SSSR count). The molecule has 0 aliphatic heterocycles. The molecule has 2 aromatic heterocycles. The summed E-state index contributed by atoms with van der Waals surface area (Å²) >= 11 is 0. The van der Waals surface area contributed by atoms with Gasteiger partial charge < -0.3 is 26.0 Å². The minimum Gasteiger partial charge on any atom is -0.492 e. The number of hydrogen-bond acceptors (Lipinski definition) is 9. The quantitative estimate of drug-likeness (QED) is 0.450. The minimum atomic E-state index is 0.500. The number of nitrogens with one attached hydrogen (secondary N) is 2. The molecule has 0 saturated carbocycles. The molecule has 0 atom stereocenters. The zero-order valence-corrected chi connectivity index (χ0v) is 18.5. The number of nitrogen functional groups attached to an aromatic ring is 1. The molecule has 0 aliphatic carbocycles. The van der Waals surface area contributed by atoms with E-state index in [1.165, 1.54) is 6.33 Å². The van der Waals surface area contributed by atoms with E-state index in [-0.39, 0.29) is 0 Å². The molecule has 9 heteroatoms. The van der Waals surface area contributed by atoms with E-state index in [2.05, 4.69) is 49.3 Å². The molecule has 0 bridgehead atoms. The molecule has 0 aliphatic rings. The van der Waals surface area contributed by atoms with Crippen molar-refractivity contribution >= 4 is 23.1 Å². The molecule has 0 fully saturated rings. The molecule has 0 amide bonds. The van der Waals surface area contributed by atoms with Gasteiger partial charge in [-0.15, -0.1) is 0 Å². The number of aromatic nitrogens is 4. The van der Waals surface area contributed by atoms with Crippen molar-refractivity contribution in [1.82, 2.24) is 24.8 Å². The third kappa shape index (κ3) is 8.83. The predicted octanol–water partition coefficient (Wildman–Crippen LogP) is 3.43. The topological polar surface area (TPSA) is 114 Å². The highest BCUT2D eigenvalue weighted by atomic mass is 16.5. The first-order valence-electron chi connectivity index (χ1n) is 10.4. The van der Waals surface area contributed by atoms with Crippen LogP contribution in [0.4, 0.5) is 23.1 Å². The number of benzene rings is 1. The molecule has 0 spiro atoms. The molecular weight excluding hydrogens is 392 g/mol. The molecule has 166 valence electrons. The summed E-state index contributed by atoms with van der Waals surface area (Å²) in [6.45, 7) is 10.8. The number of likely N-dealkylation sites (N-methyl/N-ethyl adjacent to an activating group) is 1. The summed E-state index contributed by atoms with van der Waals surface area (Å²) in [4.78, 5) is 18.3. The van der Waals surface area contributed by atoms with E-state index in [4.69, 9.17) is 10.5 Å². The molecule has 0 radical (unpaired) electrons. The number of rotatable bonds is 10. The van der Waals surface area contributed by atoms with E-state index in [1.807, 2.05) is 31.2 Å². The predicted molar refractivity (Wildman–Crippen MR) is 126 cm³/mol. The fraction of sp³-hybridized carbons (Fsp3) is 0.364. The van der Waals surface area contributed by atoms with Crippen LogP contribution in [0.5, 0.6) is 5.75 Å². The van der Waals surface area contributed by atoms with Crippen molar-refractivity contribution in [3.05, 3.63) is 55.2 Å². The van der Waals surface area contributed by atoms with E-state index >= 15 is 0 Å². The molecular formula is C22H32N8O. The molecule has 9 nitrogen and oxygen atoms in total. The Hall–Kier alpha value is -3.46. The van der Waals surface area contributed by atoms with Crippen LogP contribution in [0.25, 0.3) is 0 Å². The Morgan fingerprint density at radius 1 is 1.03 bits per heavy atom. The summed E-state index contributed by atoms with van der Waals surface area (Å²) in [5, 5.41) is 6.28. The first-order chi connectivity index (χ1) is 15.2. The van der Waals surface area contributed by atoms with Gasteiger partial charge in [0.25, 0.3) is 0 Å². The second-order valence-electron chi connectivity index (χ2n) is 6.46. The number of nitrogens with zero attached hydrogens (tertiary/aromatic N) is 5. The molecule has 31 heavy (non-hydrogen) atoms. The van der Waals surface area contributed by atoms with Crippen LogP contribution in [0.1, 0.15) is 20.8 Å². The van der Waals surface area contributed by atoms with Gasteiger partial charge in [-0.2, -0.15) is 4.98 Å². The molecule has 0 unspecified atom stereocenters. The van der Waals surface area contributed by atoms with E-state index < -0.39 is 0 Å². The lowest BCUT2D eigenvalue weighted by atomic mass is 10.3. The van der Waals surface area contributed by atoms with E-state index in [9.17, 15) is 0 Å². The van der Waals surface area contributed by atoms with Crippen LogP contribution < -0.4 is 21.1 Å². The van der Waals surface area contributed by atoms with Gasteiger partial charge in [0.1, 0.15) is 18.7 Å². The largest absolute Gasteiger partial charge is 0.492 e. The monoisotopic (exact) mass is 424 g/mol. The van der Waals surface area contributed by atoms with Crippen molar-refractivity contribution in [2.75, 3.05) is 49.2 Å². The Kier molecular flexibility index (Phi) is 10.5. The van der Waals surface area contributed by atoms with Crippen molar-refractivity contribution in [3.63, 3.8) is 0 Å². The highest BCUT2D eigenvalue weighted by molar-refractivity contribution is 5.64. The maximum atomic E-state index is 5.84. The summed E-state index contributed by atoms with van der Waals surface area (Å²) in [7, 11) is 0. The van der Waals surface area contributed by atoms with Crippen LogP contribution in [0.15, 0.2) is 55.2 Å². The van der Waals surface area contributed by atoms with Gasteiger partial charge >= 0.3 is 0 Å².